The van der Waals surface area contributed by atoms with Crippen LogP contribution in [0, 0.1) is 0 Å². The first-order valence-electron chi connectivity index (χ1n) is 5.22. The van der Waals surface area contributed by atoms with E-state index in [0.29, 0.717) is 31.4 Å². The van der Waals surface area contributed by atoms with Crippen molar-refractivity contribution in [2.75, 3.05) is 0 Å². The molecule has 0 saturated heterocycles. The molecule has 1 fully saturated rings. The summed E-state index contributed by atoms with van der Waals surface area (Å²) in [5, 5.41) is 19.0. The fourth-order valence-corrected chi connectivity index (χ4v) is 2.38. The van der Waals surface area contributed by atoms with E-state index in [-0.39, 0.29) is 5.22 Å². The van der Waals surface area contributed by atoms with E-state index in [1.807, 2.05) is 0 Å². The summed E-state index contributed by atoms with van der Waals surface area (Å²) in [5.41, 5.74) is -1.02. The molecule has 0 amide bonds. The van der Waals surface area contributed by atoms with Crippen LogP contribution < -0.4 is 0 Å². The lowest BCUT2D eigenvalue weighted by Crippen LogP contribution is -2.40. The molecule has 88 valence electrons. The predicted molar refractivity (Wildman–Crippen MR) is 57.5 cm³/mol. The smallest absolute Gasteiger partial charge is 0.317 e. The van der Waals surface area contributed by atoms with Crippen molar-refractivity contribution >= 4 is 17.6 Å². The van der Waals surface area contributed by atoms with Crippen molar-refractivity contribution in [3.05, 3.63) is 23.1 Å². The summed E-state index contributed by atoms with van der Waals surface area (Å²) >= 11 is 5.67. The van der Waals surface area contributed by atoms with Crippen molar-refractivity contribution in [2.45, 2.75) is 37.2 Å². The number of hydrogen-bond acceptors (Lipinski definition) is 3. The number of carboxylic acids is 1. The van der Waals surface area contributed by atoms with Gasteiger partial charge in [0.05, 0.1) is 6.10 Å². The highest BCUT2D eigenvalue weighted by Crippen LogP contribution is 2.41. The Labute approximate surface area is 97.8 Å². The first kappa shape index (κ1) is 11.5. The quantitative estimate of drug-likeness (QED) is 0.837. The van der Waals surface area contributed by atoms with E-state index in [0.717, 1.165) is 0 Å². The van der Waals surface area contributed by atoms with Crippen LogP contribution in [-0.2, 0) is 10.2 Å². The summed E-state index contributed by atoms with van der Waals surface area (Å²) in [7, 11) is 0. The van der Waals surface area contributed by atoms with Crippen molar-refractivity contribution in [3.8, 4) is 0 Å². The lowest BCUT2D eigenvalue weighted by molar-refractivity contribution is -0.147. The molecule has 1 aromatic rings. The molecule has 0 spiro atoms. The molecule has 1 saturated carbocycles. The van der Waals surface area contributed by atoms with Crippen LogP contribution in [0.2, 0.25) is 5.22 Å². The molecule has 2 N–H and O–H groups in total. The number of furan rings is 1. The number of rotatable bonds is 2. The Bertz CT molecular complexity index is 390. The minimum atomic E-state index is -1.02. The molecular formula is C11H13ClO4. The van der Waals surface area contributed by atoms with Crippen LogP contribution >= 0.6 is 11.6 Å². The second-order valence-electron chi connectivity index (χ2n) is 4.22. The number of aliphatic hydroxyl groups excluding tert-OH is 1. The Balaban J connectivity index is 2.33. The second-order valence-corrected chi connectivity index (χ2v) is 4.59. The van der Waals surface area contributed by atoms with E-state index in [9.17, 15) is 15.0 Å². The van der Waals surface area contributed by atoms with Gasteiger partial charge < -0.3 is 14.6 Å². The van der Waals surface area contributed by atoms with Crippen LogP contribution in [0.1, 0.15) is 31.4 Å². The molecule has 0 radical (unpaired) electrons. The van der Waals surface area contributed by atoms with Gasteiger partial charge in [0.15, 0.2) is 5.22 Å². The summed E-state index contributed by atoms with van der Waals surface area (Å²) < 4.78 is 5.23. The largest absolute Gasteiger partial charge is 0.480 e. The summed E-state index contributed by atoms with van der Waals surface area (Å²) in [5.74, 6) is -0.526. The van der Waals surface area contributed by atoms with Gasteiger partial charge in [0.1, 0.15) is 11.2 Å². The van der Waals surface area contributed by atoms with Crippen molar-refractivity contribution < 1.29 is 19.4 Å². The lowest BCUT2D eigenvalue weighted by Gasteiger charge is -2.33. The van der Waals surface area contributed by atoms with E-state index < -0.39 is 17.5 Å². The van der Waals surface area contributed by atoms with E-state index >= 15 is 0 Å². The minimum Gasteiger partial charge on any atom is -0.480 e. The van der Waals surface area contributed by atoms with Crippen LogP contribution in [-0.4, -0.2) is 22.3 Å². The van der Waals surface area contributed by atoms with Crippen molar-refractivity contribution in [1.82, 2.24) is 0 Å². The lowest BCUT2D eigenvalue weighted by atomic mass is 9.71. The molecule has 1 aromatic heterocycles. The third-order valence-corrected chi connectivity index (χ3v) is 3.47. The Morgan fingerprint density at radius 2 is 2.06 bits per heavy atom. The Hall–Kier alpha value is -1.00. The number of halogens is 1. The van der Waals surface area contributed by atoms with Crippen LogP contribution in [0.15, 0.2) is 16.5 Å². The van der Waals surface area contributed by atoms with Gasteiger partial charge in [-0.2, -0.15) is 0 Å². The third kappa shape index (κ3) is 1.83. The third-order valence-electron chi connectivity index (χ3n) is 3.26. The van der Waals surface area contributed by atoms with Gasteiger partial charge in [0.25, 0.3) is 0 Å². The normalized spacial score (nSPS) is 30.2. The molecule has 1 heterocycles. The number of carbonyl (C=O) groups is 1. The number of aliphatic hydroxyl groups is 1. The zero-order valence-electron chi connectivity index (χ0n) is 8.65. The zero-order chi connectivity index (χ0) is 11.8. The molecule has 2 rings (SSSR count). The highest BCUT2D eigenvalue weighted by atomic mass is 35.5. The van der Waals surface area contributed by atoms with E-state index in [4.69, 9.17) is 16.0 Å². The van der Waals surface area contributed by atoms with Crippen LogP contribution in [0.4, 0.5) is 0 Å². The molecule has 4 nitrogen and oxygen atoms in total. The SMILES string of the molecule is O=C(O)C1(c2ccc(Cl)o2)CCC(O)CC1. The average Bonchev–Trinajstić information content (AvgIpc) is 2.66. The average molecular weight is 245 g/mol. The molecule has 1 aliphatic rings. The van der Waals surface area contributed by atoms with Gasteiger partial charge in [-0.05, 0) is 49.4 Å². The number of carboxylic acid groups (broad SMARTS) is 1. The highest BCUT2D eigenvalue weighted by Gasteiger charge is 2.45. The molecule has 0 aromatic carbocycles. The first-order valence-corrected chi connectivity index (χ1v) is 5.60. The fourth-order valence-electron chi connectivity index (χ4n) is 2.23. The van der Waals surface area contributed by atoms with Gasteiger partial charge in [-0.1, -0.05) is 0 Å². The van der Waals surface area contributed by atoms with Gasteiger partial charge >= 0.3 is 5.97 Å². The number of aliphatic carboxylic acids is 1. The van der Waals surface area contributed by atoms with E-state index in [1.54, 1.807) is 12.1 Å². The van der Waals surface area contributed by atoms with Gasteiger partial charge in [-0.3, -0.25) is 4.79 Å². The molecule has 1 aliphatic carbocycles. The van der Waals surface area contributed by atoms with E-state index in [1.165, 1.54) is 0 Å². The van der Waals surface area contributed by atoms with Gasteiger partial charge in [0, 0.05) is 0 Å². The van der Waals surface area contributed by atoms with Crippen LogP contribution in [0.3, 0.4) is 0 Å². The summed E-state index contributed by atoms with van der Waals surface area (Å²) in [6.45, 7) is 0. The Kier molecular flexibility index (Phi) is 2.95. The van der Waals surface area contributed by atoms with Crippen molar-refractivity contribution in [1.29, 1.82) is 0 Å². The summed E-state index contributed by atoms with van der Waals surface area (Å²) in [4.78, 5) is 11.4. The van der Waals surface area contributed by atoms with Gasteiger partial charge in [0.2, 0.25) is 0 Å². The summed E-state index contributed by atoms with van der Waals surface area (Å²) in [6, 6.07) is 3.15. The maximum absolute atomic E-state index is 11.4. The second kappa shape index (κ2) is 4.11. The van der Waals surface area contributed by atoms with Crippen molar-refractivity contribution in [2.24, 2.45) is 0 Å². The molecule has 5 heteroatoms. The zero-order valence-corrected chi connectivity index (χ0v) is 9.41. The van der Waals surface area contributed by atoms with Gasteiger partial charge in [-0.15, -0.1) is 0 Å². The minimum absolute atomic E-state index is 0.196. The molecule has 0 aliphatic heterocycles. The highest BCUT2D eigenvalue weighted by molar-refractivity contribution is 6.28. The van der Waals surface area contributed by atoms with E-state index in [2.05, 4.69) is 0 Å². The molecule has 0 bridgehead atoms. The molecule has 16 heavy (non-hydrogen) atoms. The predicted octanol–water partition coefficient (Wildman–Crippen LogP) is 2.19. The first-order chi connectivity index (χ1) is 7.54. The standard InChI is InChI=1S/C11H13ClO4/c12-9-2-1-8(16-9)11(10(14)15)5-3-7(13)4-6-11/h1-2,7,13H,3-6H2,(H,14,15). The summed E-state index contributed by atoms with van der Waals surface area (Å²) in [6.07, 6.45) is 1.31. The van der Waals surface area contributed by atoms with Crippen LogP contribution in [0.25, 0.3) is 0 Å². The Morgan fingerprint density at radius 3 is 2.50 bits per heavy atom. The number of hydrogen-bond donors (Lipinski definition) is 2. The Morgan fingerprint density at radius 1 is 1.44 bits per heavy atom. The fraction of sp³-hybridized carbons (Fsp3) is 0.545. The van der Waals surface area contributed by atoms with Crippen LogP contribution in [0.5, 0.6) is 0 Å². The molecule has 0 atom stereocenters. The monoisotopic (exact) mass is 244 g/mol. The molecular weight excluding hydrogens is 232 g/mol. The van der Waals surface area contributed by atoms with Gasteiger partial charge in [-0.25, -0.2) is 0 Å². The molecule has 0 unspecified atom stereocenters. The maximum Gasteiger partial charge on any atom is 0.317 e. The maximum atomic E-state index is 11.4. The topological polar surface area (TPSA) is 70.7 Å². The van der Waals surface area contributed by atoms with Crippen molar-refractivity contribution in [3.63, 3.8) is 0 Å².